The quantitative estimate of drug-likeness (QED) is 0.570. The van der Waals surface area contributed by atoms with Crippen LogP contribution in [0, 0.1) is 5.82 Å². The van der Waals surface area contributed by atoms with Crippen molar-refractivity contribution >= 4 is 33.5 Å². The van der Waals surface area contributed by atoms with Crippen LogP contribution in [0.3, 0.4) is 0 Å². The number of hydrogen-bond donors (Lipinski definition) is 0. The number of benzene rings is 2. The zero-order valence-corrected chi connectivity index (χ0v) is 16.1. The molecule has 0 fully saturated rings. The van der Waals surface area contributed by atoms with Crippen LogP contribution < -0.4 is 4.90 Å². The van der Waals surface area contributed by atoms with Crippen molar-refractivity contribution < 1.29 is 4.39 Å². The van der Waals surface area contributed by atoms with Gasteiger partial charge in [-0.2, -0.15) is 0 Å². The van der Waals surface area contributed by atoms with Crippen LogP contribution in [0.15, 0.2) is 45.9 Å². The molecule has 0 aromatic heterocycles. The molecular formula is C20H22BrFN2. The molecule has 1 unspecified atom stereocenters. The largest absolute Gasteiger partial charge is 0.369 e. The van der Waals surface area contributed by atoms with Gasteiger partial charge in [0.05, 0.1) is 5.69 Å². The predicted molar refractivity (Wildman–Crippen MR) is 103 cm³/mol. The summed E-state index contributed by atoms with van der Waals surface area (Å²) in [5.74, 6) is 0.156. The van der Waals surface area contributed by atoms with Crippen molar-refractivity contribution in [3.05, 3.63) is 57.8 Å². The van der Waals surface area contributed by atoms with Crippen molar-refractivity contribution in [3.8, 4) is 0 Å². The number of nitrogens with zero attached hydrogens (tertiary/aromatic N) is 2. The van der Waals surface area contributed by atoms with E-state index in [0.717, 1.165) is 22.3 Å². The molecule has 4 heteroatoms. The summed E-state index contributed by atoms with van der Waals surface area (Å²) in [7, 11) is 2.04. The molecule has 0 saturated heterocycles. The molecule has 0 spiro atoms. The number of rotatable bonds is 2. The highest BCUT2D eigenvalue weighted by Gasteiger charge is 2.34. The maximum absolute atomic E-state index is 14.6. The topological polar surface area (TPSA) is 15.6 Å². The Morgan fingerprint density at radius 3 is 2.71 bits per heavy atom. The molecule has 0 aliphatic carbocycles. The predicted octanol–water partition coefficient (Wildman–Crippen LogP) is 6.06. The summed E-state index contributed by atoms with van der Waals surface area (Å²) in [6.45, 7) is 6.61. The van der Waals surface area contributed by atoms with Crippen LogP contribution in [0.4, 0.5) is 15.8 Å². The molecule has 126 valence electrons. The van der Waals surface area contributed by atoms with E-state index < -0.39 is 0 Å². The van der Waals surface area contributed by atoms with Gasteiger partial charge < -0.3 is 4.90 Å². The number of anilines is 1. The van der Waals surface area contributed by atoms with Crippen molar-refractivity contribution in [1.82, 2.24) is 0 Å². The van der Waals surface area contributed by atoms with Crippen molar-refractivity contribution in [2.45, 2.75) is 38.6 Å². The molecule has 1 heterocycles. The molecule has 2 nitrogen and oxygen atoms in total. The van der Waals surface area contributed by atoms with Crippen LogP contribution in [0.5, 0.6) is 0 Å². The highest BCUT2D eigenvalue weighted by Crippen LogP contribution is 2.43. The van der Waals surface area contributed by atoms with Gasteiger partial charge in [0.1, 0.15) is 5.82 Å². The summed E-state index contributed by atoms with van der Waals surface area (Å²) in [6, 6.07) is 11.3. The van der Waals surface area contributed by atoms with Crippen LogP contribution >= 0.6 is 15.9 Å². The van der Waals surface area contributed by atoms with Crippen molar-refractivity contribution in [1.29, 1.82) is 0 Å². The minimum absolute atomic E-state index is 0.0311. The number of halogens is 2. The number of fused-ring (bicyclic) bond motifs is 1. The monoisotopic (exact) mass is 388 g/mol. The van der Waals surface area contributed by atoms with E-state index in [1.807, 2.05) is 37.4 Å². The molecule has 1 aliphatic rings. The summed E-state index contributed by atoms with van der Waals surface area (Å²) >= 11 is 3.46. The standard InChI is InChI=1S/C20H22BrFN2/c1-13-11-20(2,3)24(4)19-10-17(22)14(9-15(13)19)12-23-18-8-6-5-7-16(18)21/h5-10,12-13H,11H2,1-4H3. The van der Waals surface area contributed by atoms with E-state index in [1.165, 1.54) is 5.56 Å². The van der Waals surface area contributed by atoms with Gasteiger partial charge in [-0.05, 0) is 71.9 Å². The van der Waals surface area contributed by atoms with Crippen LogP contribution in [0.1, 0.15) is 44.2 Å². The van der Waals surface area contributed by atoms with E-state index in [9.17, 15) is 4.39 Å². The molecule has 3 rings (SSSR count). The van der Waals surface area contributed by atoms with Crippen LogP contribution in [-0.2, 0) is 0 Å². The first-order valence-corrected chi connectivity index (χ1v) is 8.95. The van der Waals surface area contributed by atoms with Gasteiger partial charge in [0.2, 0.25) is 0 Å². The van der Waals surface area contributed by atoms with E-state index in [-0.39, 0.29) is 11.4 Å². The Labute approximate surface area is 151 Å². The fourth-order valence-corrected chi connectivity index (χ4v) is 3.79. The highest BCUT2D eigenvalue weighted by molar-refractivity contribution is 9.10. The average molecular weight is 389 g/mol. The first kappa shape index (κ1) is 17.2. The summed E-state index contributed by atoms with van der Waals surface area (Å²) in [5, 5.41) is 0. The molecule has 1 aliphatic heterocycles. The fourth-order valence-electron chi connectivity index (χ4n) is 3.40. The minimum atomic E-state index is -0.235. The Hall–Kier alpha value is -1.68. The zero-order chi connectivity index (χ0) is 17.5. The van der Waals surface area contributed by atoms with Crippen molar-refractivity contribution in [2.75, 3.05) is 11.9 Å². The lowest BCUT2D eigenvalue weighted by Crippen LogP contribution is -2.45. The summed E-state index contributed by atoms with van der Waals surface area (Å²) in [6.07, 6.45) is 2.66. The molecule has 0 amide bonds. The molecule has 0 saturated carbocycles. The second-order valence-electron chi connectivity index (χ2n) is 7.12. The lowest BCUT2D eigenvalue weighted by Gasteiger charge is -2.45. The van der Waals surface area contributed by atoms with Crippen molar-refractivity contribution in [3.63, 3.8) is 0 Å². The number of para-hydroxylation sites is 1. The molecule has 2 aromatic carbocycles. The van der Waals surface area contributed by atoms with Gasteiger partial charge in [0, 0.05) is 34.5 Å². The van der Waals surface area contributed by atoms with Gasteiger partial charge in [-0.15, -0.1) is 0 Å². The summed E-state index contributed by atoms with van der Waals surface area (Å²) in [5.41, 5.74) is 3.52. The van der Waals surface area contributed by atoms with Gasteiger partial charge in [0.25, 0.3) is 0 Å². The maximum Gasteiger partial charge on any atom is 0.134 e. The van der Waals surface area contributed by atoms with Gasteiger partial charge in [-0.3, -0.25) is 4.99 Å². The van der Waals surface area contributed by atoms with E-state index >= 15 is 0 Å². The Balaban J connectivity index is 2.01. The highest BCUT2D eigenvalue weighted by atomic mass is 79.9. The van der Waals surface area contributed by atoms with Gasteiger partial charge >= 0.3 is 0 Å². The second kappa shape index (κ2) is 6.32. The number of hydrogen-bond acceptors (Lipinski definition) is 2. The third-order valence-corrected chi connectivity index (χ3v) is 5.62. The fraction of sp³-hybridized carbons (Fsp3) is 0.350. The third kappa shape index (κ3) is 3.12. The van der Waals surface area contributed by atoms with Crippen LogP contribution in [-0.4, -0.2) is 18.8 Å². The average Bonchev–Trinajstić information content (AvgIpc) is 2.52. The molecule has 1 atom stereocenters. The minimum Gasteiger partial charge on any atom is -0.369 e. The molecule has 24 heavy (non-hydrogen) atoms. The molecule has 0 bridgehead atoms. The lowest BCUT2D eigenvalue weighted by molar-refractivity contribution is 0.394. The number of aliphatic imine (C=N–C) groups is 1. The maximum atomic E-state index is 14.6. The van der Waals surface area contributed by atoms with E-state index in [0.29, 0.717) is 11.5 Å². The second-order valence-corrected chi connectivity index (χ2v) is 7.97. The first-order valence-electron chi connectivity index (χ1n) is 8.15. The normalized spacial score (nSPS) is 19.6. The van der Waals surface area contributed by atoms with Crippen molar-refractivity contribution in [2.24, 2.45) is 4.99 Å². The molecule has 0 radical (unpaired) electrons. The SMILES string of the molecule is CC1CC(C)(C)N(C)c2cc(F)c(C=Nc3ccccc3Br)cc21. The Morgan fingerprint density at radius 2 is 2.00 bits per heavy atom. The zero-order valence-electron chi connectivity index (χ0n) is 14.5. The lowest BCUT2D eigenvalue weighted by atomic mass is 9.80. The van der Waals surface area contributed by atoms with E-state index in [2.05, 4.69) is 46.6 Å². The van der Waals surface area contributed by atoms with Gasteiger partial charge in [-0.1, -0.05) is 19.1 Å². The molecule has 0 N–H and O–H groups in total. The van der Waals surface area contributed by atoms with E-state index in [4.69, 9.17) is 0 Å². The Morgan fingerprint density at radius 1 is 1.29 bits per heavy atom. The smallest absolute Gasteiger partial charge is 0.134 e. The molecule has 2 aromatic rings. The first-order chi connectivity index (χ1) is 11.3. The Bertz CT molecular complexity index is 798. The van der Waals surface area contributed by atoms with Crippen LogP contribution in [0.2, 0.25) is 0 Å². The van der Waals surface area contributed by atoms with Crippen LogP contribution in [0.25, 0.3) is 0 Å². The molecular weight excluding hydrogens is 367 g/mol. The van der Waals surface area contributed by atoms with E-state index in [1.54, 1.807) is 12.3 Å². The third-order valence-electron chi connectivity index (χ3n) is 4.95. The van der Waals surface area contributed by atoms with Gasteiger partial charge in [0.15, 0.2) is 0 Å². The summed E-state index contributed by atoms with van der Waals surface area (Å²) in [4.78, 5) is 6.61. The summed E-state index contributed by atoms with van der Waals surface area (Å²) < 4.78 is 15.5. The van der Waals surface area contributed by atoms with Gasteiger partial charge in [-0.25, -0.2) is 4.39 Å². The Kier molecular flexibility index (Phi) is 4.52.